The van der Waals surface area contributed by atoms with E-state index in [9.17, 15) is 19.2 Å². The molecule has 0 aliphatic carbocycles. The SMILES string of the molecule is CC(C)(C)OC(=O)N1CCC[C@H](CC(=O)ON2C(=O)c3ccccc3C2=O)C1. The van der Waals surface area contributed by atoms with Crippen LogP contribution in [-0.2, 0) is 14.4 Å². The van der Waals surface area contributed by atoms with Crippen molar-refractivity contribution in [2.24, 2.45) is 5.92 Å². The van der Waals surface area contributed by atoms with E-state index in [2.05, 4.69) is 0 Å². The zero-order valence-corrected chi connectivity index (χ0v) is 16.3. The predicted molar refractivity (Wildman–Crippen MR) is 98.2 cm³/mol. The van der Waals surface area contributed by atoms with Crippen LogP contribution in [0, 0.1) is 5.92 Å². The molecule has 28 heavy (non-hydrogen) atoms. The minimum absolute atomic E-state index is 0.00665. The molecule has 1 aromatic carbocycles. The monoisotopic (exact) mass is 388 g/mol. The summed E-state index contributed by atoms with van der Waals surface area (Å²) in [6.45, 7) is 6.33. The van der Waals surface area contributed by atoms with E-state index in [0.29, 0.717) is 18.2 Å². The van der Waals surface area contributed by atoms with Crippen molar-refractivity contribution in [2.75, 3.05) is 13.1 Å². The Hall–Kier alpha value is -2.90. The molecule has 8 nitrogen and oxygen atoms in total. The Morgan fingerprint density at radius 3 is 2.29 bits per heavy atom. The highest BCUT2D eigenvalue weighted by molar-refractivity contribution is 6.20. The van der Waals surface area contributed by atoms with Crippen LogP contribution < -0.4 is 0 Å². The van der Waals surface area contributed by atoms with Crippen molar-refractivity contribution >= 4 is 23.9 Å². The molecule has 0 aromatic heterocycles. The number of likely N-dealkylation sites (tertiary alicyclic amines) is 1. The van der Waals surface area contributed by atoms with E-state index in [-0.39, 0.29) is 23.5 Å². The van der Waals surface area contributed by atoms with E-state index in [4.69, 9.17) is 9.57 Å². The zero-order chi connectivity index (χ0) is 20.5. The first kappa shape index (κ1) is 19.9. The fourth-order valence-corrected chi connectivity index (χ4v) is 3.35. The van der Waals surface area contributed by atoms with Crippen molar-refractivity contribution in [2.45, 2.75) is 45.6 Å². The summed E-state index contributed by atoms with van der Waals surface area (Å²) >= 11 is 0. The molecule has 0 N–H and O–H groups in total. The molecular formula is C20H24N2O6. The lowest BCUT2D eigenvalue weighted by atomic mass is 9.95. The van der Waals surface area contributed by atoms with Gasteiger partial charge in [0.05, 0.1) is 17.5 Å². The van der Waals surface area contributed by atoms with Gasteiger partial charge in [0.15, 0.2) is 0 Å². The second kappa shape index (κ2) is 7.61. The predicted octanol–water partition coefficient (Wildman–Crippen LogP) is 2.78. The molecule has 1 aromatic rings. The van der Waals surface area contributed by atoms with Gasteiger partial charge in [-0.25, -0.2) is 9.59 Å². The highest BCUT2D eigenvalue weighted by Gasteiger charge is 2.39. The number of hydrogen-bond acceptors (Lipinski definition) is 6. The van der Waals surface area contributed by atoms with Gasteiger partial charge in [-0.15, -0.1) is 0 Å². The van der Waals surface area contributed by atoms with Crippen molar-refractivity contribution in [1.29, 1.82) is 0 Å². The van der Waals surface area contributed by atoms with Crippen molar-refractivity contribution in [3.8, 4) is 0 Å². The number of rotatable bonds is 3. The van der Waals surface area contributed by atoms with Crippen LogP contribution in [0.5, 0.6) is 0 Å². The highest BCUT2D eigenvalue weighted by Crippen LogP contribution is 2.25. The third-order valence-corrected chi connectivity index (χ3v) is 4.58. The summed E-state index contributed by atoms with van der Waals surface area (Å²) in [4.78, 5) is 55.7. The molecule has 3 rings (SSSR count). The van der Waals surface area contributed by atoms with Crippen LogP contribution in [0.25, 0.3) is 0 Å². The Bertz CT molecular complexity index is 778. The number of hydroxylamine groups is 2. The number of nitrogens with zero attached hydrogens (tertiary/aromatic N) is 2. The second-order valence-electron chi connectivity index (χ2n) is 8.05. The summed E-state index contributed by atoms with van der Waals surface area (Å²) in [5.41, 5.74) is -0.155. The lowest BCUT2D eigenvalue weighted by Crippen LogP contribution is -2.43. The molecule has 0 bridgehead atoms. The molecule has 150 valence electrons. The minimum Gasteiger partial charge on any atom is -0.444 e. The van der Waals surface area contributed by atoms with Gasteiger partial charge in [0.1, 0.15) is 5.60 Å². The fourth-order valence-electron chi connectivity index (χ4n) is 3.35. The molecule has 0 spiro atoms. The molecule has 2 aliphatic heterocycles. The lowest BCUT2D eigenvalue weighted by Gasteiger charge is -2.33. The largest absolute Gasteiger partial charge is 0.444 e. The van der Waals surface area contributed by atoms with E-state index in [1.807, 2.05) is 0 Å². The third kappa shape index (κ3) is 4.32. The van der Waals surface area contributed by atoms with E-state index in [1.165, 1.54) is 12.1 Å². The van der Waals surface area contributed by atoms with Crippen molar-refractivity contribution in [3.05, 3.63) is 35.4 Å². The van der Waals surface area contributed by atoms with Gasteiger partial charge in [-0.2, -0.15) is 0 Å². The number of amides is 3. The Kier molecular flexibility index (Phi) is 5.40. The standard InChI is InChI=1S/C20H24N2O6/c1-20(2,3)27-19(26)21-10-6-7-13(12-21)11-16(23)28-22-17(24)14-8-4-5-9-15(14)18(22)25/h4-5,8-9,13H,6-7,10-12H2,1-3H3/t13-/m1/s1. The van der Waals surface area contributed by atoms with Gasteiger partial charge in [0, 0.05) is 13.1 Å². The van der Waals surface area contributed by atoms with Gasteiger partial charge in [-0.05, 0) is 51.7 Å². The van der Waals surface area contributed by atoms with E-state index in [0.717, 1.165) is 12.8 Å². The smallest absolute Gasteiger partial charge is 0.410 e. The molecule has 0 radical (unpaired) electrons. The molecule has 8 heteroatoms. The number of ether oxygens (including phenoxy) is 1. The Morgan fingerprint density at radius 2 is 1.71 bits per heavy atom. The average Bonchev–Trinajstić information content (AvgIpc) is 2.86. The van der Waals surface area contributed by atoms with Crippen LogP contribution >= 0.6 is 0 Å². The third-order valence-electron chi connectivity index (χ3n) is 4.58. The average molecular weight is 388 g/mol. The molecular weight excluding hydrogens is 364 g/mol. The van der Waals surface area contributed by atoms with Crippen LogP contribution in [0.1, 0.15) is 60.7 Å². The fraction of sp³-hybridized carbons (Fsp3) is 0.500. The maximum atomic E-state index is 12.3. The number of hydrogen-bond donors (Lipinski definition) is 0. The van der Waals surface area contributed by atoms with E-state index >= 15 is 0 Å². The van der Waals surface area contributed by atoms with E-state index in [1.54, 1.807) is 37.8 Å². The zero-order valence-electron chi connectivity index (χ0n) is 16.3. The number of benzene rings is 1. The van der Waals surface area contributed by atoms with Crippen LogP contribution in [0.4, 0.5) is 4.79 Å². The Labute approximate surface area is 163 Å². The molecule has 1 fully saturated rings. The quantitative estimate of drug-likeness (QED) is 0.739. The summed E-state index contributed by atoms with van der Waals surface area (Å²) < 4.78 is 5.38. The maximum Gasteiger partial charge on any atom is 0.410 e. The molecule has 3 amide bonds. The first-order valence-electron chi connectivity index (χ1n) is 9.32. The lowest BCUT2D eigenvalue weighted by molar-refractivity contribution is -0.170. The van der Waals surface area contributed by atoms with Crippen LogP contribution in [0.15, 0.2) is 24.3 Å². The van der Waals surface area contributed by atoms with Gasteiger partial charge in [-0.3, -0.25) is 9.59 Å². The summed E-state index contributed by atoms with van der Waals surface area (Å²) in [7, 11) is 0. The summed E-state index contributed by atoms with van der Waals surface area (Å²) in [5.74, 6) is -2.09. The number of piperidine rings is 1. The summed E-state index contributed by atoms with van der Waals surface area (Å²) in [5, 5.41) is 0.515. The van der Waals surface area contributed by atoms with Crippen LogP contribution in [-0.4, -0.2) is 52.5 Å². The van der Waals surface area contributed by atoms with Crippen molar-refractivity contribution in [3.63, 3.8) is 0 Å². The number of imide groups is 1. The molecule has 0 saturated carbocycles. The van der Waals surface area contributed by atoms with Gasteiger partial charge >= 0.3 is 12.1 Å². The number of carbonyl (C=O) groups excluding carboxylic acids is 4. The first-order valence-corrected chi connectivity index (χ1v) is 9.32. The molecule has 2 aliphatic rings. The molecule has 2 heterocycles. The maximum absolute atomic E-state index is 12.3. The van der Waals surface area contributed by atoms with Gasteiger partial charge in [0.25, 0.3) is 11.8 Å². The molecule has 1 saturated heterocycles. The summed E-state index contributed by atoms with van der Waals surface area (Å²) in [6.07, 6.45) is 1.08. The minimum atomic E-state index is -0.675. The molecule has 0 unspecified atom stereocenters. The van der Waals surface area contributed by atoms with Crippen LogP contribution in [0.2, 0.25) is 0 Å². The van der Waals surface area contributed by atoms with E-state index < -0.39 is 29.5 Å². The van der Waals surface area contributed by atoms with Crippen molar-refractivity contribution < 1.29 is 28.8 Å². The number of carbonyl (C=O) groups is 4. The van der Waals surface area contributed by atoms with Crippen LogP contribution in [0.3, 0.4) is 0 Å². The Morgan fingerprint density at radius 1 is 1.11 bits per heavy atom. The van der Waals surface area contributed by atoms with Gasteiger partial charge in [0.2, 0.25) is 0 Å². The summed E-state index contributed by atoms with van der Waals surface area (Å²) in [6, 6.07) is 6.32. The van der Waals surface area contributed by atoms with Gasteiger partial charge < -0.3 is 14.5 Å². The molecule has 1 atom stereocenters. The first-order chi connectivity index (χ1) is 13.2. The van der Waals surface area contributed by atoms with Gasteiger partial charge in [-0.1, -0.05) is 17.2 Å². The Balaban J connectivity index is 1.56. The normalized spacial score (nSPS) is 19.5. The van der Waals surface area contributed by atoms with Crippen molar-refractivity contribution in [1.82, 2.24) is 9.96 Å². The highest BCUT2D eigenvalue weighted by atomic mass is 16.7. The topological polar surface area (TPSA) is 93.2 Å². The second-order valence-corrected chi connectivity index (χ2v) is 8.05. The number of fused-ring (bicyclic) bond motifs is 1.